The molecule has 0 fully saturated rings. The van der Waals surface area contributed by atoms with Crippen LogP contribution < -0.4 is 14.9 Å². The van der Waals surface area contributed by atoms with Crippen LogP contribution in [-0.2, 0) is 6.61 Å². The molecular weight excluding hydrogens is 501 g/mol. The predicted molar refractivity (Wildman–Crippen MR) is 138 cm³/mol. The number of aromatic nitrogens is 1. The second-order valence-electron chi connectivity index (χ2n) is 6.82. The Morgan fingerprint density at radius 1 is 1.00 bits per heavy atom. The van der Waals surface area contributed by atoms with Gasteiger partial charge in [0.25, 0.3) is 0 Å². The van der Waals surface area contributed by atoms with Gasteiger partial charge in [-0.3, -0.25) is 5.43 Å². The lowest BCUT2D eigenvalue weighted by Gasteiger charge is -2.13. The molecule has 0 saturated carbocycles. The second kappa shape index (κ2) is 10.9. The monoisotopic (exact) mass is 517 g/mol. The third kappa shape index (κ3) is 5.97. The standard InChI is InChI=1S/C24H18Cl3N3O2S/c1-31-22-9-17(12-28-30-24-29-21(14-33-24)15-5-3-2-4-6-15)20(27)11-23(22)32-13-16-7-8-18(25)10-19(16)26/h2-12,14H,13H2,1H3,(H,29,30). The van der Waals surface area contributed by atoms with E-state index in [1.807, 2.05) is 41.8 Å². The SMILES string of the molecule is COc1cc(C=NNc2nc(-c3ccccc3)cs2)c(Cl)cc1OCc1ccc(Cl)cc1Cl. The van der Waals surface area contributed by atoms with Gasteiger partial charge in [0, 0.05) is 38.2 Å². The van der Waals surface area contributed by atoms with Gasteiger partial charge in [0.05, 0.1) is 24.0 Å². The third-order valence-electron chi connectivity index (χ3n) is 4.62. The van der Waals surface area contributed by atoms with Crippen LogP contribution >= 0.6 is 46.1 Å². The van der Waals surface area contributed by atoms with Crippen LogP contribution in [0.3, 0.4) is 0 Å². The van der Waals surface area contributed by atoms with E-state index >= 15 is 0 Å². The molecule has 0 amide bonds. The summed E-state index contributed by atoms with van der Waals surface area (Å²) in [5.74, 6) is 1.01. The summed E-state index contributed by atoms with van der Waals surface area (Å²) in [6, 6.07) is 18.6. The number of rotatable bonds is 8. The van der Waals surface area contributed by atoms with Crippen molar-refractivity contribution in [2.24, 2.45) is 5.10 Å². The molecule has 0 unspecified atom stereocenters. The summed E-state index contributed by atoms with van der Waals surface area (Å²) < 4.78 is 11.3. The fourth-order valence-electron chi connectivity index (χ4n) is 2.94. The van der Waals surface area contributed by atoms with E-state index in [1.54, 1.807) is 37.6 Å². The summed E-state index contributed by atoms with van der Waals surface area (Å²) in [7, 11) is 1.56. The molecule has 1 N–H and O–H groups in total. The number of benzene rings is 3. The number of ether oxygens (including phenoxy) is 2. The van der Waals surface area contributed by atoms with Crippen LogP contribution in [0.25, 0.3) is 11.3 Å². The van der Waals surface area contributed by atoms with Crippen molar-refractivity contribution in [2.75, 3.05) is 12.5 Å². The Morgan fingerprint density at radius 3 is 2.58 bits per heavy atom. The molecule has 1 heterocycles. The number of nitrogens with zero attached hydrogens (tertiary/aromatic N) is 2. The van der Waals surface area contributed by atoms with Crippen molar-refractivity contribution in [3.05, 3.63) is 92.2 Å². The number of nitrogens with one attached hydrogen (secondary N) is 1. The van der Waals surface area contributed by atoms with Gasteiger partial charge in [0.2, 0.25) is 5.13 Å². The zero-order valence-electron chi connectivity index (χ0n) is 17.4. The van der Waals surface area contributed by atoms with Gasteiger partial charge in [-0.05, 0) is 18.2 Å². The minimum Gasteiger partial charge on any atom is -0.493 e. The Labute approximate surface area is 210 Å². The molecule has 0 aliphatic heterocycles. The van der Waals surface area contributed by atoms with E-state index in [2.05, 4.69) is 15.5 Å². The van der Waals surface area contributed by atoms with Crippen LogP contribution in [0.2, 0.25) is 15.1 Å². The molecule has 0 saturated heterocycles. The number of methoxy groups -OCH3 is 1. The topological polar surface area (TPSA) is 55.7 Å². The van der Waals surface area contributed by atoms with Crippen molar-refractivity contribution in [2.45, 2.75) is 6.61 Å². The van der Waals surface area contributed by atoms with E-state index in [4.69, 9.17) is 44.3 Å². The van der Waals surface area contributed by atoms with Gasteiger partial charge in [0.15, 0.2) is 11.5 Å². The van der Waals surface area contributed by atoms with Crippen LogP contribution in [0.4, 0.5) is 5.13 Å². The molecule has 4 rings (SSSR count). The molecule has 3 aromatic carbocycles. The van der Waals surface area contributed by atoms with Crippen LogP contribution in [0.5, 0.6) is 11.5 Å². The average Bonchev–Trinajstić information content (AvgIpc) is 3.29. The smallest absolute Gasteiger partial charge is 0.203 e. The van der Waals surface area contributed by atoms with E-state index in [0.717, 1.165) is 16.8 Å². The van der Waals surface area contributed by atoms with Gasteiger partial charge in [-0.1, -0.05) is 71.2 Å². The zero-order chi connectivity index (χ0) is 23.2. The maximum absolute atomic E-state index is 6.45. The molecule has 0 spiro atoms. The Kier molecular flexibility index (Phi) is 7.73. The van der Waals surface area contributed by atoms with Gasteiger partial charge in [-0.25, -0.2) is 4.98 Å². The molecule has 0 radical (unpaired) electrons. The Bertz CT molecular complexity index is 1280. The largest absolute Gasteiger partial charge is 0.493 e. The van der Waals surface area contributed by atoms with Gasteiger partial charge >= 0.3 is 0 Å². The van der Waals surface area contributed by atoms with E-state index < -0.39 is 0 Å². The highest BCUT2D eigenvalue weighted by atomic mass is 35.5. The molecule has 0 atom stereocenters. The highest BCUT2D eigenvalue weighted by Crippen LogP contribution is 2.34. The van der Waals surface area contributed by atoms with Gasteiger partial charge in [-0.2, -0.15) is 5.10 Å². The molecule has 0 aliphatic carbocycles. The number of anilines is 1. The molecule has 9 heteroatoms. The minimum atomic E-state index is 0.242. The lowest BCUT2D eigenvalue weighted by molar-refractivity contribution is 0.284. The van der Waals surface area contributed by atoms with Crippen molar-refractivity contribution in [1.82, 2.24) is 4.98 Å². The Balaban J connectivity index is 1.44. The van der Waals surface area contributed by atoms with Crippen molar-refractivity contribution in [1.29, 1.82) is 0 Å². The van der Waals surface area contributed by atoms with Crippen LogP contribution in [0, 0.1) is 0 Å². The molecule has 4 aromatic rings. The quantitative estimate of drug-likeness (QED) is 0.191. The summed E-state index contributed by atoms with van der Waals surface area (Å²) in [4.78, 5) is 4.54. The zero-order valence-corrected chi connectivity index (χ0v) is 20.5. The maximum atomic E-state index is 6.45. The van der Waals surface area contributed by atoms with Crippen LogP contribution in [-0.4, -0.2) is 18.3 Å². The summed E-state index contributed by atoms with van der Waals surface area (Å²) in [6.07, 6.45) is 1.61. The average molecular weight is 519 g/mol. The summed E-state index contributed by atoms with van der Waals surface area (Å²) in [5.41, 5.74) is 6.34. The van der Waals surface area contributed by atoms with Crippen molar-refractivity contribution in [3.63, 3.8) is 0 Å². The summed E-state index contributed by atoms with van der Waals surface area (Å²) in [6.45, 7) is 0.242. The van der Waals surface area contributed by atoms with Crippen LogP contribution in [0.15, 0.2) is 71.1 Å². The highest BCUT2D eigenvalue weighted by Gasteiger charge is 2.11. The number of halogens is 3. The molecule has 1 aromatic heterocycles. The molecule has 33 heavy (non-hydrogen) atoms. The first-order valence-corrected chi connectivity index (χ1v) is 11.8. The number of hydrogen-bond donors (Lipinski definition) is 1. The number of hydrogen-bond acceptors (Lipinski definition) is 6. The Morgan fingerprint density at radius 2 is 1.82 bits per heavy atom. The van der Waals surface area contributed by atoms with Crippen molar-refractivity contribution >= 4 is 57.5 Å². The fourth-order valence-corrected chi connectivity index (χ4v) is 4.27. The van der Waals surface area contributed by atoms with Gasteiger partial charge < -0.3 is 9.47 Å². The lowest BCUT2D eigenvalue weighted by atomic mass is 10.2. The number of thiazole rings is 1. The summed E-state index contributed by atoms with van der Waals surface area (Å²) in [5, 5.41) is 8.46. The van der Waals surface area contributed by atoms with E-state index in [1.165, 1.54) is 11.3 Å². The van der Waals surface area contributed by atoms with Crippen molar-refractivity contribution in [3.8, 4) is 22.8 Å². The lowest BCUT2D eigenvalue weighted by Crippen LogP contribution is -2.00. The fraction of sp³-hybridized carbons (Fsp3) is 0.0833. The first kappa shape index (κ1) is 23.4. The third-order valence-corrected chi connectivity index (χ3v) is 6.28. The molecule has 168 valence electrons. The number of hydrazone groups is 1. The normalized spacial score (nSPS) is 11.0. The predicted octanol–water partition coefficient (Wildman–Crippen LogP) is 7.80. The highest BCUT2D eigenvalue weighted by molar-refractivity contribution is 7.14. The maximum Gasteiger partial charge on any atom is 0.203 e. The van der Waals surface area contributed by atoms with Gasteiger partial charge in [0.1, 0.15) is 6.61 Å². The summed E-state index contributed by atoms with van der Waals surface area (Å²) >= 11 is 20.1. The first-order valence-electron chi connectivity index (χ1n) is 9.78. The molecule has 5 nitrogen and oxygen atoms in total. The van der Waals surface area contributed by atoms with Crippen molar-refractivity contribution < 1.29 is 9.47 Å². The van der Waals surface area contributed by atoms with E-state index in [9.17, 15) is 0 Å². The minimum absolute atomic E-state index is 0.242. The van der Waals surface area contributed by atoms with E-state index in [-0.39, 0.29) is 6.61 Å². The molecule has 0 bridgehead atoms. The molecule has 0 aliphatic rings. The van der Waals surface area contributed by atoms with Gasteiger partial charge in [-0.15, -0.1) is 11.3 Å². The van der Waals surface area contributed by atoms with E-state index in [0.29, 0.717) is 37.3 Å². The molecular formula is C24H18Cl3N3O2S. The Hall–Kier alpha value is -2.77. The second-order valence-corrected chi connectivity index (χ2v) is 8.93. The first-order chi connectivity index (χ1) is 16.0. The van der Waals surface area contributed by atoms with Crippen LogP contribution in [0.1, 0.15) is 11.1 Å².